The first-order valence-electron chi connectivity index (χ1n) is 7.80. The Kier molecular flexibility index (Phi) is 6.25. The molecule has 0 saturated heterocycles. The van der Waals surface area contributed by atoms with Crippen LogP contribution in [0.3, 0.4) is 0 Å². The predicted molar refractivity (Wildman–Crippen MR) is 92.0 cm³/mol. The maximum atomic E-state index is 13.2. The predicted octanol–water partition coefficient (Wildman–Crippen LogP) is 3.49. The number of hydrogen-bond donors (Lipinski definition) is 2. The summed E-state index contributed by atoms with van der Waals surface area (Å²) in [6.07, 6.45) is 0.382. The molecule has 2 aromatic carbocycles. The smallest absolute Gasteiger partial charge is 0.335 e. The van der Waals surface area contributed by atoms with Crippen molar-refractivity contribution in [1.29, 1.82) is 0 Å². The lowest BCUT2D eigenvalue weighted by atomic mass is 10.00. The van der Waals surface area contributed by atoms with Gasteiger partial charge in [-0.05, 0) is 47.9 Å². The number of benzene rings is 2. The molecule has 1 atom stereocenters. The second kappa shape index (κ2) is 8.39. The van der Waals surface area contributed by atoms with Crippen LogP contribution >= 0.6 is 0 Å². The van der Waals surface area contributed by atoms with E-state index < -0.39 is 11.9 Å². The summed E-state index contributed by atoms with van der Waals surface area (Å²) in [5, 5.41) is 11.9. The number of carboxylic acid groups (broad SMARTS) is 1. The minimum Gasteiger partial charge on any atom is -0.478 e. The maximum Gasteiger partial charge on any atom is 0.335 e. The van der Waals surface area contributed by atoms with Crippen LogP contribution in [-0.2, 0) is 22.6 Å². The molecule has 2 rings (SSSR count). The number of anilines is 1. The molecule has 5 nitrogen and oxygen atoms in total. The zero-order valence-electron chi connectivity index (χ0n) is 14.1. The Bertz CT molecular complexity index is 776. The van der Waals surface area contributed by atoms with Gasteiger partial charge in [-0.2, -0.15) is 0 Å². The van der Waals surface area contributed by atoms with Crippen molar-refractivity contribution >= 4 is 17.6 Å². The number of halogens is 1. The minimum atomic E-state index is -1.08. The van der Waals surface area contributed by atoms with E-state index in [1.165, 1.54) is 31.4 Å². The first kappa shape index (κ1) is 18.6. The van der Waals surface area contributed by atoms with E-state index in [0.717, 1.165) is 5.56 Å². The number of amides is 1. The third kappa shape index (κ3) is 5.39. The highest BCUT2D eigenvalue weighted by Gasteiger charge is 2.16. The Hall–Kier alpha value is -2.73. The first-order valence-corrected chi connectivity index (χ1v) is 7.80. The molecule has 0 aliphatic rings. The molecule has 2 N–H and O–H groups in total. The van der Waals surface area contributed by atoms with Crippen molar-refractivity contribution in [1.82, 2.24) is 0 Å². The number of rotatable bonds is 7. The van der Waals surface area contributed by atoms with Crippen LogP contribution in [-0.4, -0.2) is 24.1 Å². The second-order valence-corrected chi connectivity index (χ2v) is 5.88. The maximum absolute atomic E-state index is 13.2. The number of carboxylic acids is 1. The van der Waals surface area contributed by atoms with Crippen LogP contribution in [0.4, 0.5) is 10.1 Å². The highest BCUT2D eigenvalue weighted by atomic mass is 19.1. The zero-order valence-corrected chi connectivity index (χ0v) is 14.1. The summed E-state index contributed by atoms with van der Waals surface area (Å²) in [6.45, 7) is 1.97. The van der Waals surface area contributed by atoms with Crippen molar-refractivity contribution < 1.29 is 23.8 Å². The number of methoxy groups -OCH3 is 1. The summed E-state index contributed by atoms with van der Waals surface area (Å²) < 4.78 is 18.3. The zero-order chi connectivity index (χ0) is 18.4. The van der Waals surface area contributed by atoms with Gasteiger partial charge in [0.15, 0.2) is 0 Å². The third-order valence-electron chi connectivity index (χ3n) is 3.70. The molecule has 25 heavy (non-hydrogen) atoms. The van der Waals surface area contributed by atoms with Gasteiger partial charge in [0.25, 0.3) is 0 Å². The van der Waals surface area contributed by atoms with E-state index in [1.807, 2.05) is 0 Å². The Balaban J connectivity index is 2.11. The van der Waals surface area contributed by atoms with Crippen molar-refractivity contribution in [2.45, 2.75) is 20.0 Å². The summed E-state index contributed by atoms with van der Waals surface area (Å²) in [5.74, 6) is -2.10. The van der Waals surface area contributed by atoms with Crippen molar-refractivity contribution in [3.63, 3.8) is 0 Å². The van der Waals surface area contributed by atoms with Gasteiger partial charge in [-0.1, -0.05) is 19.1 Å². The molecule has 0 aliphatic heterocycles. The Labute approximate surface area is 145 Å². The van der Waals surface area contributed by atoms with Gasteiger partial charge in [-0.3, -0.25) is 4.79 Å². The van der Waals surface area contributed by atoms with Gasteiger partial charge in [0.2, 0.25) is 5.91 Å². The number of ether oxygens (including phenoxy) is 1. The van der Waals surface area contributed by atoms with Gasteiger partial charge in [0.05, 0.1) is 12.2 Å². The van der Waals surface area contributed by atoms with Crippen molar-refractivity contribution in [3.8, 4) is 0 Å². The quantitative estimate of drug-likeness (QED) is 0.805. The van der Waals surface area contributed by atoms with Gasteiger partial charge in [-0.25, -0.2) is 9.18 Å². The van der Waals surface area contributed by atoms with Gasteiger partial charge < -0.3 is 15.2 Å². The van der Waals surface area contributed by atoms with E-state index in [0.29, 0.717) is 17.7 Å². The van der Waals surface area contributed by atoms with Crippen molar-refractivity contribution in [3.05, 3.63) is 65.0 Å². The average molecular weight is 345 g/mol. The highest BCUT2D eigenvalue weighted by molar-refractivity contribution is 5.95. The number of hydrogen-bond acceptors (Lipinski definition) is 3. The van der Waals surface area contributed by atoms with E-state index in [9.17, 15) is 19.1 Å². The largest absolute Gasteiger partial charge is 0.478 e. The molecule has 0 bridgehead atoms. The molecule has 0 aliphatic carbocycles. The Morgan fingerprint density at radius 1 is 1.20 bits per heavy atom. The summed E-state index contributed by atoms with van der Waals surface area (Å²) in [6, 6.07) is 10.7. The van der Waals surface area contributed by atoms with Crippen molar-refractivity contribution in [2.24, 2.45) is 5.92 Å². The molecule has 6 heteroatoms. The average Bonchev–Trinajstić information content (AvgIpc) is 2.54. The molecule has 132 valence electrons. The molecule has 0 saturated carbocycles. The Morgan fingerprint density at radius 3 is 2.60 bits per heavy atom. The summed E-state index contributed by atoms with van der Waals surface area (Å²) in [4.78, 5) is 23.6. The van der Waals surface area contributed by atoms with Crippen LogP contribution in [0.25, 0.3) is 0 Å². The fourth-order valence-electron chi connectivity index (χ4n) is 2.51. The van der Waals surface area contributed by atoms with Crippen LogP contribution < -0.4 is 5.32 Å². The summed E-state index contributed by atoms with van der Waals surface area (Å²) in [5.41, 5.74) is 1.84. The highest BCUT2D eigenvalue weighted by Crippen LogP contribution is 2.18. The molecule has 0 radical (unpaired) electrons. The van der Waals surface area contributed by atoms with E-state index in [-0.39, 0.29) is 23.9 Å². The fraction of sp³-hybridized carbons (Fsp3) is 0.263. The van der Waals surface area contributed by atoms with Crippen LogP contribution in [0, 0.1) is 11.7 Å². The van der Waals surface area contributed by atoms with Crippen LogP contribution in [0.1, 0.15) is 28.4 Å². The van der Waals surface area contributed by atoms with E-state index in [2.05, 4.69) is 5.32 Å². The molecule has 0 fully saturated rings. The van der Waals surface area contributed by atoms with Crippen LogP contribution in [0.5, 0.6) is 0 Å². The standard InChI is InChI=1S/C19H20FNO4/c1-12(6-13-4-3-5-16(20)8-13)18(22)21-17-9-14(11-25-2)7-15(10-17)19(23)24/h3-5,7-10,12H,6,11H2,1-2H3,(H,21,22)(H,23,24). The van der Waals surface area contributed by atoms with Gasteiger partial charge in [0, 0.05) is 18.7 Å². The lowest BCUT2D eigenvalue weighted by Crippen LogP contribution is -2.22. The molecule has 1 unspecified atom stereocenters. The minimum absolute atomic E-state index is 0.0719. The number of nitrogens with one attached hydrogen (secondary N) is 1. The van der Waals surface area contributed by atoms with Crippen LogP contribution in [0.15, 0.2) is 42.5 Å². The van der Waals surface area contributed by atoms with Gasteiger partial charge in [0.1, 0.15) is 5.82 Å². The normalized spacial score (nSPS) is 11.8. The van der Waals surface area contributed by atoms with E-state index in [1.54, 1.807) is 25.1 Å². The number of carbonyl (C=O) groups is 2. The molecule has 1 amide bonds. The number of aromatic carboxylic acids is 1. The summed E-state index contributed by atoms with van der Waals surface area (Å²) in [7, 11) is 1.51. The first-order chi connectivity index (χ1) is 11.9. The molecular weight excluding hydrogens is 325 g/mol. The lowest BCUT2D eigenvalue weighted by molar-refractivity contribution is -0.119. The molecule has 0 heterocycles. The monoisotopic (exact) mass is 345 g/mol. The SMILES string of the molecule is COCc1cc(NC(=O)C(C)Cc2cccc(F)c2)cc(C(=O)O)c1. The lowest BCUT2D eigenvalue weighted by Gasteiger charge is -2.14. The second-order valence-electron chi connectivity index (χ2n) is 5.88. The topological polar surface area (TPSA) is 75.6 Å². The molecule has 2 aromatic rings. The van der Waals surface area contributed by atoms with Gasteiger partial charge >= 0.3 is 5.97 Å². The fourth-order valence-corrected chi connectivity index (χ4v) is 2.51. The van der Waals surface area contributed by atoms with E-state index in [4.69, 9.17) is 4.74 Å². The summed E-state index contributed by atoms with van der Waals surface area (Å²) >= 11 is 0. The molecule has 0 spiro atoms. The molecule has 0 aromatic heterocycles. The van der Waals surface area contributed by atoms with E-state index >= 15 is 0 Å². The number of carbonyl (C=O) groups excluding carboxylic acids is 1. The third-order valence-corrected chi connectivity index (χ3v) is 3.70. The van der Waals surface area contributed by atoms with Gasteiger partial charge in [-0.15, -0.1) is 0 Å². The Morgan fingerprint density at radius 2 is 1.96 bits per heavy atom. The molecular formula is C19H20FNO4. The van der Waals surface area contributed by atoms with Crippen LogP contribution in [0.2, 0.25) is 0 Å². The van der Waals surface area contributed by atoms with Crippen molar-refractivity contribution in [2.75, 3.05) is 12.4 Å².